The maximum absolute atomic E-state index is 12.4. The number of nitrogens with one attached hydrogen (secondary N) is 1. The molecule has 0 spiro atoms. The zero-order valence-corrected chi connectivity index (χ0v) is 14.6. The highest BCUT2D eigenvalue weighted by Crippen LogP contribution is 2.32. The number of aromatic nitrogens is 1. The molecule has 0 amide bonds. The Morgan fingerprint density at radius 1 is 1.30 bits per heavy atom. The van der Waals surface area contributed by atoms with Gasteiger partial charge >= 0.3 is 0 Å². The molecule has 8 heteroatoms. The maximum Gasteiger partial charge on any atom is 0.263 e. The number of rotatable bonds is 4. The normalized spacial score (nSPS) is 11.6. The minimum atomic E-state index is -3.66. The molecule has 2 rings (SSSR count). The first-order chi connectivity index (χ1) is 9.35. The summed E-state index contributed by atoms with van der Waals surface area (Å²) < 4.78 is 30.3. The first kappa shape index (κ1) is 15.6. The van der Waals surface area contributed by atoms with Crippen molar-refractivity contribution in [2.75, 3.05) is 4.72 Å². The number of hydrogen-bond donors (Lipinski definition) is 2. The molecule has 0 bridgehead atoms. The maximum atomic E-state index is 12.4. The standard InChI is InChI=1S/C12H13Br2N3O2S/c1-17-7-9(5-8(17)6-15)20(18,19)16-12-10(13)3-2-4-11(12)14/h2-5,7,16H,6,15H2,1H3. The summed E-state index contributed by atoms with van der Waals surface area (Å²) in [6.07, 6.45) is 1.54. The van der Waals surface area contributed by atoms with Crippen molar-refractivity contribution in [1.29, 1.82) is 0 Å². The van der Waals surface area contributed by atoms with E-state index in [1.54, 1.807) is 35.9 Å². The monoisotopic (exact) mass is 421 g/mol. The average molecular weight is 423 g/mol. The fourth-order valence-electron chi connectivity index (χ4n) is 1.72. The van der Waals surface area contributed by atoms with Crippen LogP contribution in [0.1, 0.15) is 5.69 Å². The second-order valence-electron chi connectivity index (χ2n) is 4.18. The number of hydrogen-bond acceptors (Lipinski definition) is 3. The second-order valence-corrected chi connectivity index (χ2v) is 7.58. The number of anilines is 1. The Morgan fingerprint density at radius 3 is 2.40 bits per heavy atom. The molecule has 3 N–H and O–H groups in total. The quantitative estimate of drug-likeness (QED) is 0.795. The Morgan fingerprint density at radius 2 is 1.90 bits per heavy atom. The summed E-state index contributed by atoms with van der Waals surface area (Å²) in [5.41, 5.74) is 6.77. The van der Waals surface area contributed by atoms with Gasteiger partial charge in [0.2, 0.25) is 0 Å². The first-order valence-electron chi connectivity index (χ1n) is 5.67. The van der Waals surface area contributed by atoms with Gasteiger partial charge in [0.05, 0.1) is 5.69 Å². The van der Waals surface area contributed by atoms with E-state index in [9.17, 15) is 8.42 Å². The Hall–Kier alpha value is -0.830. The van der Waals surface area contributed by atoms with Crippen LogP contribution in [0.5, 0.6) is 0 Å². The summed E-state index contributed by atoms with van der Waals surface area (Å²) in [6, 6.07) is 6.89. The topological polar surface area (TPSA) is 77.1 Å². The molecule has 0 aliphatic carbocycles. The van der Waals surface area contributed by atoms with Gasteiger partial charge in [0.25, 0.3) is 10.0 Å². The minimum Gasteiger partial charge on any atom is -0.352 e. The van der Waals surface area contributed by atoms with Gasteiger partial charge in [0, 0.05) is 34.4 Å². The summed E-state index contributed by atoms with van der Waals surface area (Å²) in [7, 11) is -1.90. The summed E-state index contributed by atoms with van der Waals surface area (Å²) in [6.45, 7) is 0.282. The summed E-state index contributed by atoms with van der Waals surface area (Å²) in [5.74, 6) is 0. The van der Waals surface area contributed by atoms with Gasteiger partial charge in [0.15, 0.2) is 0 Å². The van der Waals surface area contributed by atoms with Gasteiger partial charge in [-0.3, -0.25) is 4.72 Å². The lowest BCUT2D eigenvalue weighted by atomic mass is 10.3. The van der Waals surface area contributed by atoms with Crippen LogP contribution in [0, 0.1) is 0 Å². The van der Waals surface area contributed by atoms with Gasteiger partial charge < -0.3 is 10.3 Å². The Kier molecular flexibility index (Phi) is 4.58. The zero-order chi connectivity index (χ0) is 14.9. The van der Waals surface area contributed by atoms with Crippen molar-refractivity contribution in [3.63, 3.8) is 0 Å². The SMILES string of the molecule is Cn1cc(S(=O)(=O)Nc2c(Br)cccc2Br)cc1CN. The summed E-state index contributed by atoms with van der Waals surface area (Å²) in [4.78, 5) is 0.183. The molecule has 0 radical (unpaired) electrons. The fraction of sp³-hybridized carbons (Fsp3) is 0.167. The van der Waals surface area contributed by atoms with E-state index in [-0.39, 0.29) is 11.4 Å². The molecule has 5 nitrogen and oxygen atoms in total. The molecule has 20 heavy (non-hydrogen) atoms. The van der Waals surface area contributed by atoms with Crippen LogP contribution in [0.25, 0.3) is 0 Å². The molecule has 0 saturated carbocycles. The van der Waals surface area contributed by atoms with Crippen LogP contribution < -0.4 is 10.5 Å². The van der Waals surface area contributed by atoms with Crippen LogP contribution in [0.15, 0.2) is 44.3 Å². The van der Waals surface area contributed by atoms with Crippen molar-refractivity contribution in [2.45, 2.75) is 11.4 Å². The largest absolute Gasteiger partial charge is 0.352 e. The van der Waals surface area contributed by atoms with E-state index >= 15 is 0 Å². The zero-order valence-electron chi connectivity index (χ0n) is 10.6. The minimum absolute atomic E-state index is 0.183. The van der Waals surface area contributed by atoms with E-state index in [0.29, 0.717) is 14.6 Å². The molecule has 2 aromatic rings. The Labute approximate surface area is 134 Å². The number of sulfonamides is 1. The van der Waals surface area contributed by atoms with Crippen molar-refractivity contribution in [3.8, 4) is 0 Å². The molecule has 1 aromatic heterocycles. The van der Waals surface area contributed by atoms with Crippen LogP contribution in [-0.2, 0) is 23.6 Å². The van der Waals surface area contributed by atoms with Gasteiger partial charge in [-0.2, -0.15) is 0 Å². The highest BCUT2D eigenvalue weighted by Gasteiger charge is 2.19. The molecule has 0 saturated heterocycles. The predicted molar refractivity (Wildman–Crippen MR) is 86.0 cm³/mol. The van der Waals surface area contributed by atoms with Crippen LogP contribution >= 0.6 is 31.9 Å². The van der Waals surface area contributed by atoms with Gasteiger partial charge in [0.1, 0.15) is 4.90 Å². The van der Waals surface area contributed by atoms with E-state index in [1.807, 2.05) is 0 Å². The molecule has 0 aliphatic heterocycles. The first-order valence-corrected chi connectivity index (χ1v) is 8.74. The molecule has 0 unspecified atom stereocenters. The number of aryl methyl sites for hydroxylation is 1. The number of nitrogens with two attached hydrogens (primary N) is 1. The lowest BCUT2D eigenvalue weighted by molar-refractivity contribution is 0.601. The van der Waals surface area contributed by atoms with E-state index < -0.39 is 10.0 Å². The smallest absolute Gasteiger partial charge is 0.263 e. The second kappa shape index (κ2) is 5.88. The third-order valence-electron chi connectivity index (χ3n) is 2.80. The fourth-order valence-corrected chi connectivity index (χ4v) is 4.37. The predicted octanol–water partition coefficient (Wildman–Crippen LogP) is 2.81. The van der Waals surface area contributed by atoms with Gasteiger partial charge in [-0.15, -0.1) is 0 Å². The third kappa shape index (κ3) is 3.08. The third-order valence-corrected chi connectivity index (χ3v) is 5.44. The van der Waals surface area contributed by atoms with Crippen molar-refractivity contribution >= 4 is 47.6 Å². The highest BCUT2D eigenvalue weighted by atomic mass is 79.9. The lowest BCUT2D eigenvalue weighted by Gasteiger charge is -2.10. The lowest BCUT2D eigenvalue weighted by Crippen LogP contribution is -2.13. The Balaban J connectivity index is 2.41. The number of halogens is 2. The van der Waals surface area contributed by atoms with Crippen LogP contribution in [0.3, 0.4) is 0 Å². The van der Waals surface area contributed by atoms with Gasteiger partial charge in [-0.05, 0) is 50.1 Å². The van der Waals surface area contributed by atoms with Crippen LogP contribution in [-0.4, -0.2) is 13.0 Å². The molecule has 1 aromatic carbocycles. The van der Waals surface area contributed by atoms with Crippen molar-refractivity contribution in [2.24, 2.45) is 12.8 Å². The van der Waals surface area contributed by atoms with Crippen molar-refractivity contribution in [1.82, 2.24) is 4.57 Å². The van der Waals surface area contributed by atoms with E-state index in [1.165, 1.54) is 6.20 Å². The van der Waals surface area contributed by atoms with E-state index in [4.69, 9.17) is 5.73 Å². The summed E-state index contributed by atoms with van der Waals surface area (Å²) >= 11 is 6.65. The highest BCUT2D eigenvalue weighted by molar-refractivity contribution is 9.11. The molecular weight excluding hydrogens is 410 g/mol. The number of benzene rings is 1. The number of nitrogens with zero attached hydrogens (tertiary/aromatic N) is 1. The molecule has 0 atom stereocenters. The van der Waals surface area contributed by atoms with Crippen molar-refractivity contribution < 1.29 is 8.42 Å². The molecular formula is C12H13Br2N3O2S. The molecule has 0 aliphatic rings. The van der Waals surface area contributed by atoms with Crippen LogP contribution in [0.2, 0.25) is 0 Å². The van der Waals surface area contributed by atoms with Crippen molar-refractivity contribution in [3.05, 3.63) is 45.1 Å². The van der Waals surface area contributed by atoms with E-state index in [0.717, 1.165) is 5.69 Å². The molecule has 108 valence electrons. The van der Waals surface area contributed by atoms with Gasteiger partial charge in [-0.25, -0.2) is 8.42 Å². The number of para-hydroxylation sites is 1. The van der Waals surface area contributed by atoms with Crippen LogP contribution in [0.4, 0.5) is 5.69 Å². The average Bonchev–Trinajstić information content (AvgIpc) is 2.76. The molecule has 0 fully saturated rings. The van der Waals surface area contributed by atoms with E-state index in [2.05, 4.69) is 36.6 Å². The molecule has 1 heterocycles. The Bertz CT molecular complexity index is 721. The summed E-state index contributed by atoms with van der Waals surface area (Å²) in [5, 5.41) is 0. The van der Waals surface area contributed by atoms with Gasteiger partial charge in [-0.1, -0.05) is 6.07 Å².